The first-order chi connectivity index (χ1) is 13.9. The summed E-state index contributed by atoms with van der Waals surface area (Å²) in [5.41, 5.74) is 4.33. The van der Waals surface area contributed by atoms with Gasteiger partial charge in [-0.1, -0.05) is 40.2 Å². The number of urea groups is 1. The Morgan fingerprint density at radius 3 is 2.79 bits per heavy atom. The van der Waals surface area contributed by atoms with Crippen LogP contribution in [0, 0.1) is 26.7 Å². The summed E-state index contributed by atoms with van der Waals surface area (Å²) in [4.78, 5) is 14.7. The molecule has 3 heterocycles. The minimum atomic E-state index is -0.116. The van der Waals surface area contributed by atoms with Gasteiger partial charge in [-0.05, 0) is 38.7 Å². The maximum absolute atomic E-state index is 12.8. The van der Waals surface area contributed by atoms with Crippen LogP contribution in [0.15, 0.2) is 34.9 Å². The maximum atomic E-state index is 12.8. The van der Waals surface area contributed by atoms with Crippen LogP contribution in [0.3, 0.4) is 0 Å². The number of nitrogens with one attached hydrogen (secondary N) is 1. The maximum Gasteiger partial charge on any atom is 0.323 e. The summed E-state index contributed by atoms with van der Waals surface area (Å²) in [5, 5.41) is 15.1. The number of likely N-dealkylation sites (tertiary alicyclic amines) is 1. The van der Waals surface area contributed by atoms with E-state index < -0.39 is 0 Å². The highest BCUT2D eigenvalue weighted by molar-refractivity contribution is 5.89. The Morgan fingerprint density at radius 2 is 2.07 bits per heavy atom. The number of amides is 2. The average Bonchev–Trinajstić information content (AvgIpc) is 2.99. The van der Waals surface area contributed by atoms with E-state index in [0.29, 0.717) is 24.0 Å². The monoisotopic (exact) mass is 392 g/mol. The van der Waals surface area contributed by atoms with Crippen LogP contribution >= 0.6 is 0 Å². The second-order valence-electron chi connectivity index (χ2n) is 8.35. The van der Waals surface area contributed by atoms with Gasteiger partial charge in [0.15, 0.2) is 11.6 Å². The standard InChI is InChI=1S/C21H24N6O2/c1-13-4-6-16(7-5-13)21-9-17(21)10-26(12-21)20(28)22-19-15(3)27(25-23-19)11-18-8-14(2)24-29-18/h4-8,17H,9-12H2,1-3H3,(H,22,28). The SMILES string of the molecule is Cc1ccc(C23CC2CN(C(=O)Nc2nnn(Cc4cc(C)no4)c2C)C3)cc1. The molecule has 150 valence electrons. The zero-order valence-corrected chi connectivity index (χ0v) is 16.8. The van der Waals surface area contributed by atoms with Crippen molar-refractivity contribution < 1.29 is 9.32 Å². The quantitative estimate of drug-likeness (QED) is 0.737. The third-order valence-corrected chi connectivity index (χ3v) is 6.25. The second-order valence-corrected chi connectivity index (χ2v) is 8.35. The molecule has 0 bridgehead atoms. The molecule has 1 aliphatic heterocycles. The van der Waals surface area contributed by atoms with Crippen molar-refractivity contribution in [3.63, 3.8) is 0 Å². The number of hydrogen-bond acceptors (Lipinski definition) is 5. The van der Waals surface area contributed by atoms with E-state index in [9.17, 15) is 4.79 Å². The molecule has 0 spiro atoms. The molecule has 1 saturated heterocycles. The number of aromatic nitrogens is 4. The summed E-state index contributed by atoms with van der Waals surface area (Å²) in [6.45, 7) is 7.81. The number of carbonyl (C=O) groups is 1. The molecular formula is C21H24N6O2. The summed E-state index contributed by atoms with van der Waals surface area (Å²) in [6.07, 6.45) is 1.16. The molecule has 2 unspecified atom stereocenters. The van der Waals surface area contributed by atoms with Gasteiger partial charge in [0.05, 0.1) is 11.4 Å². The molecule has 1 saturated carbocycles. The molecule has 0 radical (unpaired) electrons. The van der Waals surface area contributed by atoms with Crippen molar-refractivity contribution in [2.75, 3.05) is 18.4 Å². The molecule has 8 nitrogen and oxygen atoms in total. The fourth-order valence-corrected chi connectivity index (χ4v) is 4.41. The van der Waals surface area contributed by atoms with E-state index in [1.807, 2.05) is 24.8 Å². The van der Waals surface area contributed by atoms with Crippen LogP contribution in [0.2, 0.25) is 0 Å². The molecule has 29 heavy (non-hydrogen) atoms. The van der Waals surface area contributed by atoms with Crippen LogP contribution in [0.4, 0.5) is 10.6 Å². The first-order valence-corrected chi connectivity index (χ1v) is 9.90. The van der Waals surface area contributed by atoms with Crippen LogP contribution < -0.4 is 5.32 Å². The molecule has 2 aromatic heterocycles. The zero-order chi connectivity index (χ0) is 20.2. The average molecular weight is 392 g/mol. The van der Waals surface area contributed by atoms with E-state index in [4.69, 9.17) is 4.52 Å². The van der Waals surface area contributed by atoms with Crippen LogP contribution in [-0.4, -0.2) is 44.2 Å². The zero-order valence-electron chi connectivity index (χ0n) is 16.8. The van der Waals surface area contributed by atoms with Crippen LogP contribution in [-0.2, 0) is 12.0 Å². The molecule has 2 amide bonds. The minimum Gasteiger partial charge on any atom is -0.359 e. The lowest BCUT2D eigenvalue weighted by molar-refractivity contribution is 0.216. The molecule has 1 N–H and O–H groups in total. The van der Waals surface area contributed by atoms with Crippen molar-refractivity contribution in [1.29, 1.82) is 0 Å². The Hall–Kier alpha value is -3.16. The van der Waals surface area contributed by atoms with Crippen molar-refractivity contribution in [1.82, 2.24) is 25.1 Å². The Balaban J connectivity index is 1.25. The molecule has 2 atom stereocenters. The number of carbonyl (C=O) groups excluding carboxylic acids is 1. The molecule has 3 aromatic rings. The first kappa shape index (κ1) is 17.9. The van der Waals surface area contributed by atoms with Gasteiger partial charge in [-0.15, -0.1) is 5.10 Å². The Kier molecular flexibility index (Phi) is 3.97. The van der Waals surface area contributed by atoms with Crippen molar-refractivity contribution in [3.05, 3.63) is 58.6 Å². The minimum absolute atomic E-state index is 0.116. The number of nitrogens with zero attached hydrogens (tertiary/aromatic N) is 5. The number of piperidine rings is 1. The van der Waals surface area contributed by atoms with E-state index in [1.54, 1.807) is 4.68 Å². The summed E-state index contributed by atoms with van der Waals surface area (Å²) in [5.74, 6) is 1.73. The largest absolute Gasteiger partial charge is 0.359 e. The second kappa shape index (κ2) is 6.43. The lowest BCUT2D eigenvalue weighted by Gasteiger charge is -2.21. The molecule has 2 fully saturated rings. The third kappa shape index (κ3) is 3.08. The van der Waals surface area contributed by atoms with E-state index in [1.165, 1.54) is 11.1 Å². The highest BCUT2D eigenvalue weighted by Gasteiger charge is 2.61. The number of rotatable bonds is 4. The normalized spacial score (nSPS) is 22.6. The number of benzene rings is 1. The van der Waals surface area contributed by atoms with Gasteiger partial charge in [-0.3, -0.25) is 5.32 Å². The van der Waals surface area contributed by atoms with Crippen LogP contribution in [0.1, 0.15) is 34.7 Å². The highest BCUT2D eigenvalue weighted by atomic mass is 16.5. The Morgan fingerprint density at radius 1 is 1.28 bits per heavy atom. The van der Waals surface area contributed by atoms with Gasteiger partial charge in [0.2, 0.25) is 0 Å². The van der Waals surface area contributed by atoms with Gasteiger partial charge in [0.1, 0.15) is 6.54 Å². The number of anilines is 1. The molecule has 1 aromatic carbocycles. The fraction of sp³-hybridized carbons (Fsp3) is 0.429. The van der Waals surface area contributed by atoms with Gasteiger partial charge < -0.3 is 9.42 Å². The smallest absolute Gasteiger partial charge is 0.323 e. The van der Waals surface area contributed by atoms with E-state index in [0.717, 1.165) is 30.9 Å². The van der Waals surface area contributed by atoms with Gasteiger partial charge in [-0.2, -0.15) is 0 Å². The van der Waals surface area contributed by atoms with E-state index in [-0.39, 0.29) is 11.4 Å². The highest BCUT2D eigenvalue weighted by Crippen LogP contribution is 2.59. The lowest BCUT2D eigenvalue weighted by atomic mass is 9.94. The van der Waals surface area contributed by atoms with Gasteiger partial charge in [-0.25, -0.2) is 9.48 Å². The van der Waals surface area contributed by atoms with Crippen LogP contribution in [0.25, 0.3) is 0 Å². The molecule has 2 aliphatic rings. The lowest BCUT2D eigenvalue weighted by Crippen LogP contribution is -2.36. The number of fused-ring (bicyclic) bond motifs is 1. The van der Waals surface area contributed by atoms with Gasteiger partial charge >= 0.3 is 6.03 Å². The summed E-state index contributed by atoms with van der Waals surface area (Å²) in [7, 11) is 0. The molecule has 5 rings (SSSR count). The number of hydrogen-bond donors (Lipinski definition) is 1. The van der Waals surface area contributed by atoms with Gasteiger partial charge in [0.25, 0.3) is 0 Å². The number of aryl methyl sites for hydroxylation is 2. The summed E-state index contributed by atoms with van der Waals surface area (Å²) >= 11 is 0. The molecule has 1 aliphatic carbocycles. The molecular weight excluding hydrogens is 368 g/mol. The van der Waals surface area contributed by atoms with Crippen molar-refractivity contribution in [2.45, 2.75) is 39.2 Å². The predicted octanol–water partition coefficient (Wildman–Crippen LogP) is 3.05. The van der Waals surface area contributed by atoms with Crippen molar-refractivity contribution in [3.8, 4) is 0 Å². The Labute approximate surface area is 168 Å². The van der Waals surface area contributed by atoms with Crippen molar-refractivity contribution in [2.24, 2.45) is 5.92 Å². The summed E-state index contributed by atoms with van der Waals surface area (Å²) in [6, 6.07) is 10.5. The third-order valence-electron chi connectivity index (χ3n) is 6.25. The van der Waals surface area contributed by atoms with E-state index >= 15 is 0 Å². The molecule has 8 heteroatoms. The topological polar surface area (TPSA) is 89.1 Å². The fourth-order valence-electron chi connectivity index (χ4n) is 4.41. The van der Waals surface area contributed by atoms with Crippen LogP contribution in [0.5, 0.6) is 0 Å². The Bertz CT molecular complexity index is 1070. The summed E-state index contributed by atoms with van der Waals surface area (Å²) < 4.78 is 6.94. The predicted molar refractivity (Wildman–Crippen MR) is 107 cm³/mol. The van der Waals surface area contributed by atoms with Gasteiger partial charge in [0, 0.05) is 24.6 Å². The first-order valence-electron chi connectivity index (χ1n) is 9.90. The van der Waals surface area contributed by atoms with Crippen molar-refractivity contribution >= 4 is 11.8 Å². The van der Waals surface area contributed by atoms with E-state index in [2.05, 4.69) is 52.0 Å².